The van der Waals surface area contributed by atoms with E-state index < -0.39 is 6.23 Å². The van der Waals surface area contributed by atoms with Crippen LogP contribution in [0.15, 0.2) is 30.5 Å². The Hall–Kier alpha value is -1.81. The van der Waals surface area contributed by atoms with E-state index in [2.05, 4.69) is 49.4 Å². The predicted octanol–water partition coefficient (Wildman–Crippen LogP) is 4.37. The third-order valence-electron chi connectivity index (χ3n) is 5.70. The molecule has 3 atom stereocenters. The van der Waals surface area contributed by atoms with Crippen molar-refractivity contribution in [1.29, 1.82) is 0 Å². The maximum atomic E-state index is 10.6. The molecule has 0 bridgehead atoms. The van der Waals surface area contributed by atoms with Gasteiger partial charge < -0.3 is 10.4 Å². The van der Waals surface area contributed by atoms with E-state index >= 15 is 0 Å². The first kappa shape index (κ1) is 17.0. The van der Waals surface area contributed by atoms with E-state index in [0.29, 0.717) is 11.3 Å². The molecular weight excluding hydrogens is 298 g/mol. The Balaban J connectivity index is 1.80. The average Bonchev–Trinajstić information content (AvgIpc) is 3.27. The number of aryl methyl sites for hydroxylation is 2. The Kier molecular flexibility index (Phi) is 4.43. The first-order valence-electron chi connectivity index (χ1n) is 8.87. The van der Waals surface area contributed by atoms with Crippen LogP contribution in [0.4, 0.5) is 5.69 Å². The van der Waals surface area contributed by atoms with Gasteiger partial charge in [0, 0.05) is 24.5 Å². The normalized spacial score (nSPS) is 21.6. The lowest BCUT2D eigenvalue weighted by Crippen LogP contribution is -2.14. The summed E-state index contributed by atoms with van der Waals surface area (Å²) < 4.78 is 1.74. The van der Waals surface area contributed by atoms with Crippen LogP contribution >= 0.6 is 0 Å². The molecule has 1 aromatic carbocycles. The Morgan fingerprint density at radius 3 is 2.71 bits per heavy atom. The van der Waals surface area contributed by atoms with Crippen LogP contribution in [-0.4, -0.2) is 14.9 Å². The molecule has 2 aromatic rings. The van der Waals surface area contributed by atoms with E-state index in [1.807, 2.05) is 26.2 Å². The Bertz CT molecular complexity index is 719. The lowest BCUT2D eigenvalue weighted by atomic mass is 9.82. The van der Waals surface area contributed by atoms with Crippen molar-refractivity contribution in [1.82, 2.24) is 9.78 Å². The van der Waals surface area contributed by atoms with Gasteiger partial charge in [-0.1, -0.05) is 45.4 Å². The second-order valence-corrected chi connectivity index (χ2v) is 7.77. The van der Waals surface area contributed by atoms with Gasteiger partial charge in [-0.05, 0) is 42.2 Å². The van der Waals surface area contributed by atoms with E-state index in [0.717, 1.165) is 22.9 Å². The average molecular weight is 327 g/mol. The van der Waals surface area contributed by atoms with Crippen molar-refractivity contribution in [2.24, 2.45) is 18.4 Å². The minimum Gasteiger partial charge on any atom is -0.369 e. The van der Waals surface area contributed by atoms with Crippen molar-refractivity contribution in [2.75, 3.05) is 5.32 Å². The number of nitrogens with zero attached hydrogens (tertiary/aromatic N) is 2. The van der Waals surface area contributed by atoms with Crippen LogP contribution in [0.1, 0.15) is 62.6 Å². The maximum Gasteiger partial charge on any atom is 0.154 e. The molecule has 4 heteroatoms. The highest BCUT2D eigenvalue weighted by molar-refractivity contribution is 5.55. The Labute approximate surface area is 144 Å². The van der Waals surface area contributed by atoms with Crippen molar-refractivity contribution in [3.63, 3.8) is 0 Å². The summed E-state index contributed by atoms with van der Waals surface area (Å²) in [6, 6.07) is 8.38. The quantitative estimate of drug-likeness (QED) is 0.775. The molecule has 1 aliphatic carbocycles. The van der Waals surface area contributed by atoms with E-state index in [4.69, 9.17) is 0 Å². The fourth-order valence-corrected chi connectivity index (χ4v) is 3.73. The van der Waals surface area contributed by atoms with Crippen LogP contribution in [0.3, 0.4) is 0 Å². The summed E-state index contributed by atoms with van der Waals surface area (Å²) in [6.45, 7) is 8.92. The van der Waals surface area contributed by atoms with Crippen molar-refractivity contribution in [2.45, 2.75) is 52.7 Å². The van der Waals surface area contributed by atoms with Crippen LogP contribution in [0.5, 0.6) is 0 Å². The van der Waals surface area contributed by atoms with Gasteiger partial charge in [-0.3, -0.25) is 4.68 Å². The van der Waals surface area contributed by atoms with Gasteiger partial charge in [-0.2, -0.15) is 5.10 Å². The smallest absolute Gasteiger partial charge is 0.154 e. The zero-order valence-electron chi connectivity index (χ0n) is 15.4. The summed E-state index contributed by atoms with van der Waals surface area (Å²) in [5.41, 5.74) is 4.41. The molecule has 0 spiro atoms. The van der Waals surface area contributed by atoms with Crippen molar-refractivity contribution < 1.29 is 5.11 Å². The molecule has 0 amide bonds. The molecule has 1 fully saturated rings. The lowest BCUT2D eigenvalue weighted by molar-refractivity contribution is 0.207. The molecule has 0 radical (unpaired) electrons. The van der Waals surface area contributed by atoms with Gasteiger partial charge in [0.25, 0.3) is 0 Å². The summed E-state index contributed by atoms with van der Waals surface area (Å²) in [4.78, 5) is 0. The number of anilines is 1. The Morgan fingerprint density at radius 2 is 2.08 bits per heavy atom. The molecule has 1 heterocycles. The van der Waals surface area contributed by atoms with Gasteiger partial charge in [-0.15, -0.1) is 0 Å². The molecule has 24 heavy (non-hydrogen) atoms. The number of hydrogen-bond acceptors (Lipinski definition) is 3. The molecule has 1 unspecified atom stereocenters. The molecule has 2 N–H and O–H groups in total. The summed E-state index contributed by atoms with van der Waals surface area (Å²) in [5.74, 6) is 1.31. The molecule has 0 aliphatic heterocycles. The summed E-state index contributed by atoms with van der Waals surface area (Å²) in [7, 11) is 1.87. The van der Waals surface area contributed by atoms with Gasteiger partial charge in [0.05, 0.1) is 5.69 Å². The van der Waals surface area contributed by atoms with E-state index in [1.165, 1.54) is 18.4 Å². The summed E-state index contributed by atoms with van der Waals surface area (Å²) in [5, 5.41) is 18.2. The van der Waals surface area contributed by atoms with Crippen LogP contribution in [-0.2, 0) is 7.05 Å². The van der Waals surface area contributed by atoms with Crippen molar-refractivity contribution in [3.8, 4) is 0 Å². The number of aliphatic hydroxyl groups is 1. The standard InChI is InChI=1S/C20H29N3O/c1-6-20(3,4)17-11-15(17)14-9-7-8-10-18(14)21-19(24)16-12-23(5)22-13(16)2/h7-10,12,15,17,19,21,24H,6,11H2,1-5H3/t15-,17-,19?/m0/s1. The summed E-state index contributed by atoms with van der Waals surface area (Å²) in [6.07, 6.45) is 3.56. The fourth-order valence-electron chi connectivity index (χ4n) is 3.73. The van der Waals surface area contributed by atoms with Gasteiger partial charge in [0.1, 0.15) is 0 Å². The van der Waals surface area contributed by atoms with Gasteiger partial charge in [0.15, 0.2) is 6.23 Å². The number of aromatic nitrogens is 2. The number of para-hydroxylation sites is 1. The molecule has 0 saturated heterocycles. The first-order valence-corrected chi connectivity index (χ1v) is 8.87. The first-order chi connectivity index (χ1) is 11.3. The number of rotatable bonds is 6. The minimum atomic E-state index is -0.740. The number of aliphatic hydroxyl groups excluding tert-OH is 1. The predicted molar refractivity (Wildman–Crippen MR) is 97.9 cm³/mol. The van der Waals surface area contributed by atoms with Gasteiger partial charge in [0.2, 0.25) is 0 Å². The second kappa shape index (κ2) is 6.25. The second-order valence-electron chi connectivity index (χ2n) is 7.77. The highest BCUT2D eigenvalue weighted by Gasteiger charge is 2.47. The molecule has 1 aliphatic rings. The van der Waals surface area contributed by atoms with Crippen LogP contribution in [0.25, 0.3) is 0 Å². The van der Waals surface area contributed by atoms with E-state index in [-0.39, 0.29) is 0 Å². The van der Waals surface area contributed by atoms with E-state index in [9.17, 15) is 5.11 Å². The van der Waals surface area contributed by atoms with Crippen LogP contribution in [0.2, 0.25) is 0 Å². The number of nitrogens with one attached hydrogen (secondary N) is 1. The van der Waals surface area contributed by atoms with E-state index in [1.54, 1.807) is 4.68 Å². The molecular formula is C20H29N3O. The van der Waals surface area contributed by atoms with Crippen LogP contribution < -0.4 is 5.32 Å². The number of hydrogen-bond donors (Lipinski definition) is 2. The molecule has 3 rings (SSSR count). The highest BCUT2D eigenvalue weighted by atomic mass is 16.3. The number of benzene rings is 1. The summed E-state index contributed by atoms with van der Waals surface area (Å²) >= 11 is 0. The lowest BCUT2D eigenvalue weighted by Gasteiger charge is -2.24. The molecule has 130 valence electrons. The molecule has 1 saturated carbocycles. The third-order valence-corrected chi connectivity index (χ3v) is 5.70. The van der Waals surface area contributed by atoms with Crippen LogP contribution in [0, 0.1) is 18.3 Å². The SMILES string of the molecule is CCC(C)(C)[C@H]1C[C@H]1c1ccccc1NC(O)c1cn(C)nc1C. The zero-order valence-corrected chi connectivity index (χ0v) is 15.4. The largest absolute Gasteiger partial charge is 0.369 e. The fraction of sp³-hybridized carbons (Fsp3) is 0.550. The van der Waals surface area contributed by atoms with Crippen molar-refractivity contribution >= 4 is 5.69 Å². The minimum absolute atomic E-state index is 0.371. The zero-order chi connectivity index (χ0) is 17.5. The monoisotopic (exact) mass is 327 g/mol. The van der Waals surface area contributed by atoms with Gasteiger partial charge in [-0.25, -0.2) is 0 Å². The third kappa shape index (κ3) is 3.20. The maximum absolute atomic E-state index is 10.6. The topological polar surface area (TPSA) is 50.1 Å². The van der Waals surface area contributed by atoms with Gasteiger partial charge >= 0.3 is 0 Å². The molecule has 4 nitrogen and oxygen atoms in total. The highest BCUT2D eigenvalue weighted by Crippen LogP contribution is 2.59. The Morgan fingerprint density at radius 1 is 1.38 bits per heavy atom. The molecule has 1 aromatic heterocycles. The van der Waals surface area contributed by atoms with Crippen molar-refractivity contribution in [3.05, 3.63) is 47.3 Å².